The monoisotopic (exact) mass is 322 g/mol. The van der Waals surface area contributed by atoms with Gasteiger partial charge in [-0.2, -0.15) is 0 Å². The van der Waals surface area contributed by atoms with Crippen LogP contribution in [-0.2, 0) is 12.3 Å². The Morgan fingerprint density at radius 3 is 2.74 bits per heavy atom. The fraction of sp³-hybridized carbons (Fsp3) is 0.167. The summed E-state index contributed by atoms with van der Waals surface area (Å²) in [6, 6.07) is 14.4. The molecule has 0 aliphatic rings. The molecule has 23 heavy (non-hydrogen) atoms. The zero-order valence-electron chi connectivity index (χ0n) is 12.9. The van der Waals surface area contributed by atoms with Crippen LogP contribution < -0.4 is 5.32 Å². The highest BCUT2D eigenvalue weighted by Crippen LogP contribution is 2.21. The minimum absolute atomic E-state index is 0.647. The zero-order chi connectivity index (χ0) is 15.9. The van der Waals surface area contributed by atoms with Crippen molar-refractivity contribution in [3.05, 3.63) is 77.9 Å². The third-order valence-corrected chi connectivity index (χ3v) is 4.37. The molecular formula is C18H18N4S. The Hall–Kier alpha value is -2.40. The summed E-state index contributed by atoms with van der Waals surface area (Å²) in [4.78, 5) is 13.2. The highest BCUT2D eigenvalue weighted by Gasteiger charge is 2.03. The Labute approximate surface area is 140 Å². The van der Waals surface area contributed by atoms with E-state index in [4.69, 9.17) is 0 Å². The number of thioether (sulfide) groups is 1. The third kappa shape index (κ3) is 4.53. The number of aromatic nitrogens is 3. The van der Waals surface area contributed by atoms with E-state index >= 15 is 0 Å². The Morgan fingerprint density at radius 1 is 1.04 bits per heavy atom. The van der Waals surface area contributed by atoms with Gasteiger partial charge in [-0.25, -0.2) is 4.98 Å². The number of nitrogens with zero attached hydrogens (tertiary/aromatic N) is 3. The number of aryl methyl sites for hydroxylation is 1. The maximum atomic E-state index is 4.59. The summed E-state index contributed by atoms with van der Waals surface area (Å²) < 4.78 is 0. The van der Waals surface area contributed by atoms with E-state index in [1.165, 1.54) is 11.1 Å². The summed E-state index contributed by atoms with van der Waals surface area (Å²) in [5.74, 6) is 1.66. The first-order valence-corrected chi connectivity index (χ1v) is 8.43. The molecule has 2 heterocycles. The van der Waals surface area contributed by atoms with E-state index < -0.39 is 0 Å². The molecule has 0 saturated heterocycles. The van der Waals surface area contributed by atoms with E-state index in [2.05, 4.69) is 57.5 Å². The van der Waals surface area contributed by atoms with Gasteiger partial charge in [0.1, 0.15) is 10.8 Å². The molecule has 3 rings (SSSR count). The van der Waals surface area contributed by atoms with Crippen molar-refractivity contribution < 1.29 is 0 Å². The van der Waals surface area contributed by atoms with Crippen molar-refractivity contribution >= 4 is 17.6 Å². The van der Waals surface area contributed by atoms with Gasteiger partial charge in [-0.1, -0.05) is 36.4 Å². The van der Waals surface area contributed by atoms with Crippen LogP contribution in [0.4, 0.5) is 5.82 Å². The molecule has 1 aromatic carbocycles. The lowest BCUT2D eigenvalue weighted by atomic mass is 10.2. The predicted octanol–water partition coefficient (Wildman–Crippen LogP) is 4.08. The lowest BCUT2D eigenvalue weighted by Crippen LogP contribution is -2.05. The summed E-state index contributed by atoms with van der Waals surface area (Å²) in [6.45, 7) is 2.70. The van der Waals surface area contributed by atoms with Gasteiger partial charge in [-0.15, -0.1) is 11.8 Å². The van der Waals surface area contributed by atoms with E-state index in [-0.39, 0.29) is 0 Å². The predicted molar refractivity (Wildman–Crippen MR) is 94.3 cm³/mol. The van der Waals surface area contributed by atoms with E-state index in [0.29, 0.717) is 6.54 Å². The van der Waals surface area contributed by atoms with Gasteiger partial charge < -0.3 is 5.32 Å². The summed E-state index contributed by atoms with van der Waals surface area (Å²) in [6.07, 6.45) is 5.34. The quantitative estimate of drug-likeness (QED) is 0.693. The van der Waals surface area contributed by atoms with Crippen molar-refractivity contribution in [1.29, 1.82) is 0 Å². The number of hydrogen-bond acceptors (Lipinski definition) is 5. The molecule has 0 spiro atoms. The van der Waals surface area contributed by atoms with Crippen LogP contribution in [0.3, 0.4) is 0 Å². The van der Waals surface area contributed by atoms with Gasteiger partial charge in [-0.3, -0.25) is 9.97 Å². The summed E-state index contributed by atoms with van der Waals surface area (Å²) in [5, 5.41) is 4.20. The fourth-order valence-electron chi connectivity index (χ4n) is 2.11. The molecule has 1 N–H and O–H groups in total. The van der Waals surface area contributed by atoms with E-state index in [9.17, 15) is 0 Å². The largest absolute Gasteiger partial charge is 0.363 e. The van der Waals surface area contributed by atoms with Crippen LogP contribution in [0.5, 0.6) is 0 Å². The van der Waals surface area contributed by atoms with Crippen LogP contribution in [0.15, 0.2) is 66.1 Å². The first-order chi connectivity index (χ1) is 11.3. The molecule has 0 amide bonds. The second-order valence-corrected chi connectivity index (χ2v) is 6.13. The van der Waals surface area contributed by atoms with Crippen molar-refractivity contribution in [3.63, 3.8) is 0 Å². The van der Waals surface area contributed by atoms with E-state index in [1.807, 2.05) is 18.3 Å². The Bertz CT molecular complexity index is 762. The van der Waals surface area contributed by atoms with Crippen LogP contribution in [0.25, 0.3) is 0 Å². The van der Waals surface area contributed by atoms with E-state index in [1.54, 1.807) is 24.2 Å². The Morgan fingerprint density at radius 2 is 1.91 bits per heavy atom. The minimum Gasteiger partial charge on any atom is -0.363 e. The highest BCUT2D eigenvalue weighted by atomic mass is 32.2. The van der Waals surface area contributed by atoms with Gasteiger partial charge in [0.15, 0.2) is 0 Å². The standard InChI is InChI=1S/C18H18N4S/c1-14-6-5-9-20-16(14)10-21-17-11-19-12-18(22-17)23-13-15-7-3-2-4-8-15/h2-9,11-12H,10,13H2,1H3,(H,21,22). The van der Waals surface area contributed by atoms with Crippen LogP contribution >= 0.6 is 11.8 Å². The molecule has 0 aliphatic carbocycles. The number of anilines is 1. The van der Waals surface area contributed by atoms with Gasteiger partial charge in [0, 0.05) is 11.9 Å². The first-order valence-electron chi connectivity index (χ1n) is 7.44. The molecule has 4 nitrogen and oxygen atoms in total. The molecule has 0 atom stereocenters. The van der Waals surface area contributed by atoms with Crippen molar-refractivity contribution in [2.75, 3.05) is 5.32 Å². The van der Waals surface area contributed by atoms with Crippen LogP contribution in [0, 0.1) is 6.92 Å². The molecule has 3 aromatic rings. The number of rotatable bonds is 6. The van der Waals surface area contributed by atoms with Crippen molar-refractivity contribution in [1.82, 2.24) is 15.0 Å². The lowest BCUT2D eigenvalue weighted by Gasteiger charge is -2.08. The number of nitrogens with one attached hydrogen (secondary N) is 1. The maximum absolute atomic E-state index is 4.59. The summed E-state index contributed by atoms with van der Waals surface area (Å²) >= 11 is 1.68. The molecule has 0 fully saturated rings. The van der Waals surface area contributed by atoms with Crippen molar-refractivity contribution in [2.24, 2.45) is 0 Å². The second kappa shape index (κ2) is 7.74. The van der Waals surface area contributed by atoms with Gasteiger partial charge in [0.25, 0.3) is 0 Å². The molecular weight excluding hydrogens is 304 g/mol. The van der Waals surface area contributed by atoms with Gasteiger partial charge in [-0.05, 0) is 24.1 Å². The number of benzene rings is 1. The molecule has 0 radical (unpaired) electrons. The number of hydrogen-bond donors (Lipinski definition) is 1. The van der Waals surface area contributed by atoms with Gasteiger partial charge in [0.2, 0.25) is 0 Å². The Balaban J connectivity index is 1.60. The molecule has 0 unspecified atom stereocenters. The van der Waals surface area contributed by atoms with E-state index in [0.717, 1.165) is 22.3 Å². The van der Waals surface area contributed by atoms with Crippen LogP contribution in [0.1, 0.15) is 16.8 Å². The van der Waals surface area contributed by atoms with Gasteiger partial charge in [0.05, 0.1) is 24.6 Å². The SMILES string of the molecule is Cc1cccnc1CNc1cncc(SCc2ccccc2)n1. The molecule has 2 aromatic heterocycles. The molecule has 0 bridgehead atoms. The smallest absolute Gasteiger partial charge is 0.146 e. The highest BCUT2D eigenvalue weighted by molar-refractivity contribution is 7.98. The topological polar surface area (TPSA) is 50.7 Å². The van der Waals surface area contributed by atoms with Crippen LogP contribution in [0.2, 0.25) is 0 Å². The Kier molecular flexibility index (Phi) is 5.21. The van der Waals surface area contributed by atoms with Crippen molar-refractivity contribution in [2.45, 2.75) is 24.2 Å². The molecule has 5 heteroatoms. The third-order valence-electron chi connectivity index (χ3n) is 3.40. The molecule has 0 aliphatic heterocycles. The molecule has 116 valence electrons. The minimum atomic E-state index is 0.647. The lowest BCUT2D eigenvalue weighted by molar-refractivity contribution is 0.974. The second-order valence-electron chi connectivity index (χ2n) is 5.14. The van der Waals surface area contributed by atoms with Crippen molar-refractivity contribution in [3.8, 4) is 0 Å². The average Bonchev–Trinajstić information content (AvgIpc) is 2.61. The zero-order valence-corrected chi connectivity index (χ0v) is 13.8. The summed E-state index contributed by atoms with van der Waals surface area (Å²) in [7, 11) is 0. The maximum Gasteiger partial charge on any atom is 0.146 e. The number of pyridine rings is 1. The van der Waals surface area contributed by atoms with Crippen LogP contribution in [-0.4, -0.2) is 15.0 Å². The normalized spacial score (nSPS) is 10.5. The first kappa shape index (κ1) is 15.5. The molecule has 0 saturated carbocycles. The fourth-order valence-corrected chi connectivity index (χ4v) is 2.92. The van der Waals surface area contributed by atoms with Gasteiger partial charge >= 0.3 is 0 Å². The summed E-state index contributed by atoms with van der Waals surface area (Å²) in [5.41, 5.74) is 3.47. The average molecular weight is 322 g/mol.